The lowest BCUT2D eigenvalue weighted by Crippen LogP contribution is -2.52. The highest BCUT2D eigenvalue weighted by Crippen LogP contribution is 2.62. The van der Waals surface area contributed by atoms with Crippen molar-refractivity contribution in [3.63, 3.8) is 0 Å². The van der Waals surface area contributed by atoms with Gasteiger partial charge >= 0.3 is 5.97 Å². The van der Waals surface area contributed by atoms with Gasteiger partial charge in [-0.3, -0.25) is 14.4 Å². The van der Waals surface area contributed by atoms with E-state index in [4.69, 9.17) is 25.1 Å². The molecule has 2 unspecified atom stereocenters. The number of aliphatic hydroxyl groups is 2. The van der Waals surface area contributed by atoms with Crippen molar-refractivity contribution < 1.29 is 48.7 Å². The smallest absolute Gasteiger partial charge is 0.332 e. The van der Waals surface area contributed by atoms with Gasteiger partial charge in [0.05, 0.1) is 0 Å². The van der Waals surface area contributed by atoms with Crippen LogP contribution in [0.1, 0.15) is 186 Å². The van der Waals surface area contributed by atoms with E-state index in [1.165, 1.54) is 116 Å². The second-order valence-corrected chi connectivity index (χ2v) is 30.5. The maximum absolute atomic E-state index is 12.6. The van der Waals surface area contributed by atoms with Crippen LogP contribution in [0.4, 0.5) is 0 Å². The summed E-state index contributed by atoms with van der Waals surface area (Å²) in [6.45, 7) is 3.89. The van der Waals surface area contributed by atoms with Crippen LogP contribution in [0.3, 0.4) is 0 Å². The molecule has 0 aliphatic heterocycles. The third-order valence-electron chi connectivity index (χ3n) is 22.8. The summed E-state index contributed by atoms with van der Waals surface area (Å²) in [4.78, 5) is 48.1. The predicted octanol–water partition coefficient (Wildman–Crippen LogP) is 16.8. The van der Waals surface area contributed by atoms with E-state index in [1.807, 2.05) is 140 Å². The molecule has 0 heterocycles. The van der Waals surface area contributed by atoms with Crippen LogP contribution < -0.4 is 30.6 Å². The fourth-order valence-electron chi connectivity index (χ4n) is 19.6. The zero-order valence-electron chi connectivity index (χ0n) is 54.8. The van der Waals surface area contributed by atoms with Gasteiger partial charge in [-0.1, -0.05) is 165 Å². The second-order valence-electron chi connectivity index (χ2n) is 30.5. The number of ether oxygens (including phenoxy) is 3. The number of rotatable bonds is 23. The predicted molar refractivity (Wildman–Crippen MR) is 398 cm³/mol. The van der Waals surface area contributed by atoms with Crippen molar-refractivity contribution in [2.24, 2.45) is 75.2 Å². The summed E-state index contributed by atoms with van der Waals surface area (Å²) in [5.74, 6) is 8.38. The normalized spacial score (nSPS) is 27.3. The maximum atomic E-state index is 12.6. The first-order valence-corrected chi connectivity index (χ1v) is 35.2. The van der Waals surface area contributed by atoms with E-state index in [2.05, 4.69) is 10.6 Å². The Morgan fingerprint density at radius 2 is 0.667 bits per heavy atom. The fraction of sp³-hybridized carbons (Fsp3) is 0.535. The summed E-state index contributed by atoms with van der Waals surface area (Å²) in [5.41, 5.74) is 12.9. The van der Waals surface area contributed by atoms with E-state index in [1.54, 1.807) is 24.3 Å². The number of amides is 2. The van der Waals surface area contributed by atoms with Gasteiger partial charge in [-0.25, -0.2) is 4.79 Å². The molecule has 0 aromatic heterocycles. The average molecular weight is 1350 g/mol. The molecule has 6 aromatic rings. The summed E-state index contributed by atoms with van der Waals surface area (Å²) < 4.78 is 17.2. The number of aliphatic carboxylic acids is 1. The average Bonchev–Trinajstić information content (AvgIpc) is 0.749. The highest BCUT2D eigenvalue weighted by Gasteiger charge is 2.53. The van der Waals surface area contributed by atoms with Crippen molar-refractivity contribution in [2.75, 3.05) is 19.6 Å². The lowest BCUT2D eigenvalue weighted by molar-refractivity contribution is -0.146. The number of ketones is 1. The highest BCUT2D eigenvalue weighted by molar-refractivity contribution is 6.36. The summed E-state index contributed by atoms with van der Waals surface area (Å²) in [6.07, 6.45) is 23.1. The van der Waals surface area contributed by atoms with E-state index >= 15 is 0 Å². The first-order chi connectivity index (χ1) is 45.6. The van der Waals surface area contributed by atoms with E-state index in [9.17, 15) is 29.4 Å². The van der Waals surface area contributed by atoms with Crippen LogP contribution in [0, 0.1) is 69.5 Å². The number of benzene rings is 6. The molecular formula is C86H119N3O10. The standard InChI is InChI=1S/C27H33NO3.C27H31NO3.C16H16O4.C11H19N.5CH4/c2*29-25(13-19-6-8-24(9-7-19)31-17-20-4-2-1-3-5-20)26(30)28-18-27-14-21-10-22(15-27)12-23(11-21)16-27;17-15(16(18)19)10-12-6-8-14(9-7-12)20-11-13-4-2-1-3-5-13;12-7-11-4-8-1-9(5-11)3-10(2-8)6-11;;;;;/h1-9,21-23,25,29H,10-18H2,(H,28,30);1-9,21-23H,10-18H2,(H,28,30);1-9,15,17H,10-11H2,(H,18,19);8-10H,1-7,12H2;5*1H4. The first-order valence-electron chi connectivity index (χ1n) is 35.2. The number of hydrogen-bond acceptors (Lipinski definition) is 10. The van der Waals surface area contributed by atoms with Gasteiger partial charge in [0.1, 0.15) is 43.2 Å². The van der Waals surface area contributed by atoms with E-state index in [-0.39, 0.29) is 67.1 Å². The Labute approximate surface area is 593 Å². The Balaban J connectivity index is 0.000000191. The number of aliphatic hydroxyl groups excluding tert-OH is 2. The number of carbonyl (C=O) groups excluding carboxylic acids is 3. The van der Waals surface area contributed by atoms with Gasteiger partial charge in [0.2, 0.25) is 11.7 Å². The lowest BCUT2D eigenvalue weighted by atomic mass is 9.49. The minimum atomic E-state index is -1.37. The van der Waals surface area contributed by atoms with Gasteiger partial charge in [-0.15, -0.1) is 0 Å². The van der Waals surface area contributed by atoms with Gasteiger partial charge in [-0.2, -0.15) is 0 Å². The van der Waals surface area contributed by atoms with Crippen LogP contribution in [0.5, 0.6) is 17.2 Å². The monoisotopic (exact) mass is 1350 g/mol. The molecule has 12 saturated carbocycles. The number of Topliss-reactive ketones (excluding diaryl/α,β-unsaturated/α-hetero) is 1. The van der Waals surface area contributed by atoms with Crippen molar-refractivity contribution in [1.82, 2.24) is 10.6 Å². The zero-order chi connectivity index (χ0) is 65.1. The summed E-state index contributed by atoms with van der Waals surface area (Å²) in [6, 6.07) is 52.0. The van der Waals surface area contributed by atoms with Crippen molar-refractivity contribution in [3.05, 3.63) is 197 Å². The fourth-order valence-corrected chi connectivity index (χ4v) is 19.6. The molecule has 0 saturated heterocycles. The molecule has 7 N–H and O–H groups in total. The molecule has 6 aromatic carbocycles. The van der Waals surface area contributed by atoms with Crippen molar-refractivity contribution in [1.29, 1.82) is 0 Å². The van der Waals surface area contributed by atoms with Gasteiger partial charge in [0, 0.05) is 32.4 Å². The van der Waals surface area contributed by atoms with Crippen LogP contribution >= 0.6 is 0 Å². The van der Waals surface area contributed by atoms with E-state index in [0.29, 0.717) is 49.4 Å². The van der Waals surface area contributed by atoms with E-state index < -0.39 is 24.1 Å². The van der Waals surface area contributed by atoms with Crippen molar-refractivity contribution >= 4 is 23.6 Å². The number of hydrogen-bond donors (Lipinski definition) is 6. The molecule has 12 aliphatic carbocycles. The molecule has 2 amide bonds. The molecule has 0 spiro atoms. The molecular weight excluding hydrogens is 1230 g/mol. The minimum Gasteiger partial charge on any atom is -0.489 e. The summed E-state index contributed by atoms with van der Waals surface area (Å²) in [7, 11) is 0. The van der Waals surface area contributed by atoms with Crippen LogP contribution in [-0.2, 0) is 58.3 Å². The number of nitrogens with one attached hydrogen (secondary N) is 2. The largest absolute Gasteiger partial charge is 0.489 e. The Kier molecular flexibility index (Phi) is 29.0. The van der Waals surface area contributed by atoms with Crippen LogP contribution in [0.2, 0.25) is 0 Å². The Bertz CT molecular complexity index is 3330. The SMILES string of the molecule is C.C.C.C.C.NCC12CC3CC(CC(C3)C1)C2.O=C(Cc1ccc(OCc2ccccc2)cc1)C(=O)NCC12CC3CC(CC(C3)C1)C2.O=C(NCC12CC3CC(CC(C3)C1)C2)C(O)Cc1ccc(OCc2ccccc2)cc1.O=C(O)C(O)Cc1ccc(OCc2ccccc2)cc1. The maximum Gasteiger partial charge on any atom is 0.332 e. The number of carboxylic acid groups (broad SMARTS) is 1. The van der Waals surface area contributed by atoms with E-state index in [0.717, 1.165) is 111 Å². The molecule has 538 valence electrons. The number of carboxylic acids is 1. The minimum absolute atomic E-state index is 0. The Morgan fingerprint density at radius 1 is 0.384 bits per heavy atom. The van der Waals surface area contributed by atoms with Crippen molar-refractivity contribution in [2.45, 2.75) is 204 Å². The Hall–Kier alpha value is -7.32. The topological polar surface area (TPSA) is 207 Å². The molecule has 12 aliphatic rings. The van der Waals surface area contributed by atoms with Gasteiger partial charge in [0.25, 0.3) is 5.91 Å². The van der Waals surface area contributed by atoms with Crippen LogP contribution in [0.15, 0.2) is 164 Å². The molecule has 99 heavy (non-hydrogen) atoms. The third-order valence-corrected chi connectivity index (χ3v) is 22.8. The van der Waals surface area contributed by atoms with Gasteiger partial charge in [-0.05, 0) is 261 Å². The van der Waals surface area contributed by atoms with Crippen LogP contribution in [-0.4, -0.2) is 70.7 Å². The zero-order valence-corrected chi connectivity index (χ0v) is 54.8. The number of nitrogens with two attached hydrogens (primary N) is 1. The van der Waals surface area contributed by atoms with Crippen LogP contribution in [0.25, 0.3) is 0 Å². The second kappa shape index (κ2) is 36.3. The molecule has 0 radical (unpaired) electrons. The van der Waals surface area contributed by atoms with Gasteiger partial charge < -0.3 is 45.9 Å². The molecule has 12 fully saturated rings. The highest BCUT2D eigenvalue weighted by atomic mass is 16.5. The molecule has 13 nitrogen and oxygen atoms in total. The quantitative estimate of drug-likeness (QED) is 0.0333. The Morgan fingerprint density at radius 3 is 0.970 bits per heavy atom. The third kappa shape index (κ3) is 21.6. The molecule has 2 atom stereocenters. The summed E-state index contributed by atoms with van der Waals surface area (Å²) in [5, 5.41) is 34.5. The lowest BCUT2D eigenvalue weighted by Gasteiger charge is -2.57. The summed E-state index contributed by atoms with van der Waals surface area (Å²) >= 11 is 0. The molecule has 18 rings (SSSR count). The first kappa shape index (κ1) is 79.0. The van der Waals surface area contributed by atoms with Crippen molar-refractivity contribution in [3.8, 4) is 17.2 Å². The molecule has 12 bridgehead atoms. The number of carbonyl (C=O) groups is 4. The van der Waals surface area contributed by atoms with Gasteiger partial charge in [0.15, 0.2) is 6.10 Å². The molecule has 13 heteroatoms.